The van der Waals surface area contributed by atoms with Gasteiger partial charge in [0.15, 0.2) is 0 Å². The normalized spacial score (nSPS) is 15.8. The second kappa shape index (κ2) is 16.5. The fourth-order valence-electron chi connectivity index (χ4n) is 3.72. The quantitative estimate of drug-likeness (QED) is 0.133. The molecule has 1 aromatic carbocycles. The van der Waals surface area contributed by atoms with Gasteiger partial charge in [-0.1, -0.05) is 89.0 Å². The van der Waals surface area contributed by atoms with Gasteiger partial charge in [0.2, 0.25) is 0 Å². The summed E-state index contributed by atoms with van der Waals surface area (Å²) >= 11 is 0. The van der Waals surface area contributed by atoms with Crippen LogP contribution in [0.3, 0.4) is 0 Å². The van der Waals surface area contributed by atoms with Crippen molar-refractivity contribution in [3.05, 3.63) is 42.0 Å². The summed E-state index contributed by atoms with van der Waals surface area (Å²) in [5.74, 6) is 0.990. The van der Waals surface area contributed by atoms with Gasteiger partial charge in [0.25, 0.3) is 0 Å². The van der Waals surface area contributed by atoms with Crippen molar-refractivity contribution in [1.82, 2.24) is 0 Å². The Morgan fingerprint density at radius 3 is 2.14 bits per heavy atom. The zero-order valence-electron chi connectivity index (χ0n) is 18.9. The number of aryl methyl sites for hydroxylation is 1. The molecular formula is C27H44O2. The van der Waals surface area contributed by atoms with Crippen molar-refractivity contribution in [2.45, 2.75) is 109 Å². The maximum atomic E-state index is 5.77. The summed E-state index contributed by atoms with van der Waals surface area (Å²) in [7, 11) is 0. The Balaban J connectivity index is 1.34. The van der Waals surface area contributed by atoms with Gasteiger partial charge in [0.1, 0.15) is 18.5 Å². The van der Waals surface area contributed by atoms with Crippen LogP contribution in [0.4, 0.5) is 0 Å². The van der Waals surface area contributed by atoms with E-state index < -0.39 is 0 Å². The van der Waals surface area contributed by atoms with E-state index in [2.05, 4.69) is 43.3 Å². The Bertz CT molecular complexity index is 533. The van der Waals surface area contributed by atoms with E-state index in [1.807, 2.05) is 0 Å². The third-order valence-corrected chi connectivity index (χ3v) is 5.71. The molecule has 29 heavy (non-hydrogen) atoms. The van der Waals surface area contributed by atoms with Crippen molar-refractivity contribution in [2.75, 3.05) is 13.2 Å². The molecule has 0 aromatic heterocycles. The molecule has 1 aromatic rings. The molecule has 0 bridgehead atoms. The highest BCUT2D eigenvalue weighted by Crippen LogP contribution is 2.18. The first kappa shape index (κ1) is 24.0. The summed E-state index contributed by atoms with van der Waals surface area (Å²) in [6, 6.07) is 8.58. The highest BCUT2D eigenvalue weighted by molar-refractivity contribution is 5.28. The Hall–Kier alpha value is -1.28. The average Bonchev–Trinajstić information content (AvgIpc) is 3.57. The minimum Gasteiger partial charge on any atom is -0.491 e. The number of allylic oxidation sites excluding steroid dienone is 2. The molecule has 0 aliphatic carbocycles. The van der Waals surface area contributed by atoms with Gasteiger partial charge in [-0.25, -0.2) is 0 Å². The number of benzene rings is 1. The van der Waals surface area contributed by atoms with E-state index in [0.29, 0.717) is 12.7 Å². The molecule has 2 rings (SSSR count). The number of ether oxygens (including phenoxy) is 2. The van der Waals surface area contributed by atoms with Crippen LogP contribution in [0.1, 0.15) is 102 Å². The molecule has 1 saturated heterocycles. The van der Waals surface area contributed by atoms with E-state index >= 15 is 0 Å². The van der Waals surface area contributed by atoms with Gasteiger partial charge >= 0.3 is 0 Å². The number of unbranched alkanes of at least 4 members (excludes halogenated alkanes) is 12. The van der Waals surface area contributed by atoms with Gasteiger partial charge in [-0.05, 0) is 56.2 Å². The molecule has 1 heterocycles. The van der Waals surface area contributed by atoms with Crippen LogP contribution in [0, 0.1) is 0 Å². The molecule has 2 heteroatoms. The summed E-state index contributed by atoms with van der Waals surface area (Å²) in [6.07, 6.45) is 25.4. The van der Waals surface area contributed by atoms with Crippen LogP contribution in [0.25, 0.3) is 0 Å². The summed E-state index contributed by atoms with van der Waals surface area (Å²) in [5, 5.41) is 0. The molecule has 0 spiro atoms. The number of rotatable bonds is 19. The van der Waals surface area contributed by atoms with Gasteiger partial charge in [0, 0.05) is 0 Å². The van der Waals surface area contributed by atoms with Crippen LogP contribution in [-0.2, 0) is 11.2 Å². The molecule has 0 radical (unpaired) electrons. The Morgan fingerprint density at radius 1 is 0.862 bits per heavy atom. The predicted octanol–water partition coefficient (Wildman–Crippen LogP) is 8.04. The van der Waals surface area contributed by atoms with Crippen molar-refractivity contribution in [3.8, 4) is 5.75 Å². The Morgan fingerprint density at radius 2 is 1.48 bits per heavy atom. The van der Waals surface area contributed by atoms with Crippen molar-refractivity contribution >= 4 is 0 Å². The molecule has 1 atom stereocenters. The lowest BCUT2D eigenvalue weighted by molar-refractivity contribution is 0.263. The minimum atomic E-state index is 0.329. The summed E-state index contributed by atoms with van der Waals surface area (Å²) < 4.78 is 11.0. The van der Waals surface area contributed by atoms with Crippen molar-refractivity contribution in [1.29, 1.82) is 0 Å². The third-order valence-electron chi connectivity index (χ3n) is 5.71. The molecule has 1 unspecified atom stereocenters. The highest BCUT2D eigenvalue weighted by atomic mass is 16.6. The lowest BCUT2D eigenvalue weighted by Crippen LogP contribution is -2.04. The minimum absolute atomic E-state index is 0.329. The summed E-state index contributed by atoms with van der Waals surface area (Å²) in [6.45, 7) is 3.83. The second-order valence-electron chi connectivity index (χ2n) is 8.60. The largest absolute Gasteiger partial charge is 0.491 e. The molecule has 1 aliphatic rings. The first-order valence-corrected chi connectivity index (χ1v) is 12.4. The Kier molecular flexibility index (Phi) is 13.7. The van der Waals surface area contributed by atoms with E-state index in [4.69, 9.17) is 9.47 Å². The molecular weight excluding hydrogens is 356 g/mol. The fraction of sp³-hybridized carbons (Fsp3) is 0.704. The molecule has 1 fully saturated rings. The molecule has 0 N–H and O–H groups in total. The predicted molar refractivity (Wildman–Crippen MR) is 125 cm³/mol. The zero-order valence-corrected chi connectivity index (χ0v) is 18.9. The number of hydrogen-bond donors (Lipinski definition) is 0. The number of epoxide rings is 1. The van der Waals surface area contributed by atoms with Crippen molar-refractivity contribution < 1.29 is 9.47 Å². The third kappa shape index (κ3) is 13.5. The van der Waals surface area contributed by atoms with E-state index in [0.717, 1.165) is 12.4 Å². The van der Waals surface area contributed by atoms with E-state index in [9.17, 15) is 0 Å². The Labute approximate surface area is 180 Å². The maximum absolute atomic E-state index is 5.77. The summed E-state index contributed by atoms with van der Waals surface area (Å²) in [4.78, 5) is 0. The van der Waals surface area contributed by atoms with Crippen molar-refractivity contribution in [3.63, 3.8) is 0 Å². The lowest BCUT2D eigenvalue weighted by atomic mass is 10.0. The SMILES string of the molecule is CCCCCC/C=C/CCCCCCCCCCc1cccc(OCC2CO2)c1. The standard InChI is InChI=1S/C27H44O2/c1-2-3-4-5-6-7-8-9-10-11-12-13-14-15-16-17-19-25-20-18-21-26(22-25)28-23-27-24-29-27/h7-8,18,20-22,27H,2-6,9-17,19,23-24H2,1H3/b8-7+. The van der Waals surface area contributed by atoms with Crippen LogP contribution >= 0.6 is 0 Å². The molecule has 0 amide bonds. The van der Waals surface area contributed by atoms with Crippen LogP contribution in [0.2, 0.25) is 0 Å². The molecule has 1 aliphatic heterocycles. The van der Waals surface area contributed by atoms with Gasteiger partial charge in [0.05, 0.1) is 6.61 Å². The van der Waals surface area contributed by atoms with Crippen LogP contribution in [-0.4, -0.2) is 19.3 Å². The average molecular weight is 401 g/mol. The van der Waals surface area contributed by atoms with Crippen molar-refractivity contribution in [2.24, 2.45) is 0 Å². The molecule has 164 valence electrons. The fourth-order valence-corrected chi connectivity index (χ4v) is 3.72. The maximum Gasteiger partial charge on any atom is 0.119 e. The van der Waals surface area contributed by atoms with E-state index in [1.165, 1.54) is 102 Å². The molecule has 0 saturated carbocycles. The topological polar surface area (TPSA) is 21.8 Å². The van der Waals surface area contributed by atoms with Crippen LogP contribution in [0.5, 0.6) is 5.75 Å². The van der Waals surface area contributed by atoms with Gasteiger partial charge < -0.3 is 9.47 Å². The zero-order chi connectivity index (χ0) is 20.4. The highest BCUT2D eigenvalue weighted by Gasteiger charge is 2.22. The summed E-state index contributed by atoms with van der Waals surface area (Å²) in [5.41, 5.74) is 1.40. The van der Waals surface area contributed by atoms with Gasteiger partial charge in [-0.3, -0.25) is 0 Å². The molecule has 2 nitrogen and oxygen atoms in total. The van der Waals surface area contributed by atoms with Crippen LogP contribution in [0.15, 0.2) is 36.4 Å². The first-order chi connectivity index (χ1) is 14.4. The lowest BCUT2D eigenvalue weighted by Gasteiger charge is -2.07. The van der Waals surface area contributed by atoms with E-state index in [-0.39, 0.29) is 0 Å². The van der Waals surface area contributed by atoms with Gasteiger partial charge in [-0.15, -0.1) is 0 Å². The smallest absolute Gasteiger partial charge is 0.119 e. The monoisotopic (exact) mass is 400 g/mol. The van der Waals surface area contributed by atoms with E-state index in [1.54, 1.807) is 0 Å². The van der Waals surface area contributed by atoms with Crippen LogP contribution < -0.4 is 4.74 Å². The first-order valence-electron chi connectivity index (χ1n) is 12.4. The number of hydrogen-bond acceptors (Lipinski definition) is 2. The second-order valence-corrected chi connectivity index (χ2v) is 8.60. The van der Waals surface area contributed by atoms with Gasteiger partial charge in [-0.2, -0.15) is 0 Å².